The third-order valence-corrected chi connectivity index (χ3v) is 3.59. The maximum absolute atomic E-state index is 9.16. The minimum absolute atomic E-state index is 0.295. The fourth-order valence-electron chi connectivity index (χ4n) is 2.25. The van der Waals surface area contributed by atoms with Crippen molar-refractivity contribution in [2.24, 2.45) is 11.8 Å². The molecule has 2 atom stereocenters. The molecule has 0 radical (unpaired) electrons. The van der Waals surface area contributed by atoms with E-state index in [0.29, 0.717) is 25.0 Å². The fourth-order valence-corrected chi connectivity index (χ4v) is 2.25. The molecule has 0 aliphatic carbocycles. The normalized spacial score (nSPS) is 14.4. The standard InChI is InChI=1S/C16H26O2/c1-3-16(14(2)12-17)10-7-11-18-13-15-8-5-4-6-9-15/h4-6,8-9,14,16-17H,3,7,10-13H2,1-2H3. The molecule has 18 heavy (non-hydrogen) atoms. The van der Waals surface area contributed by atoms with Crippen molar-refractivity contribution >= 4 is 0 Å². The molecule has 0 saturated heterocycles. The summed E-state index contributed by atoms with van der Waals surface area (Å²) in [5, 5.41) is 9.16. The molecule has 0 aliphatic heterocycles. The maximum atomic E-state index is 9.16. The van der Waals surface area contributed by atoms with Gasteiger partial charge in [0.1, 0.15) is 0 Å². The van der Waals surface area contributed by atoms with Crippen molar-refractivity contribution in [2.75, 3.05) is 13.2 Å². The van der Waals surface area contributed by atoms with Crippen LogP contribution in [0.3, 0.4) is 0 Å². The van der Waals surface area contributed by atoms with E-state index in [4.69, 9.17) is 9.84 Å². The van der Waals surface area contributed by atoms with Gasteiger partial charge in [0.05, 0.1) is 6.61 Å². The molecule has 1 rings (SSSR count). The number of aliphatic hydroxyl groups excluding tert-OH is 1. The molecule has 2 heteroatoms. The molecule has 1 N–H and O–H groups in total. The van der Waals surface area contributed by atoms with E-state index in [1.54, 1.807) is 0 Å². The van der Waals surface area contributed by atoms with E-state index in [-0.39, 0.29) is 0 Å². The van der Waals surface area contributed by atoms with Gasteiger partial charge in [-0.05, 0) is 30.2 Å². The van der Waals surface area contributed by atoms with Crippen LogP contribution in [-0.4, -0.2) is 18.3 Å². The highest BCUT2D eigenvalue weighted by molar-refractivity contribution is 5.13. The molecule has 0 aromatic heterocycles. The summed E-state index contributed by atoms with van der Waals surface area (Å²) in [4.78, 5) is 0. The Hall–Kier alpha value is -0.860. The minimum atomic E-state index is 0.295. The van der Waals surface area contributed by atoms with Crippen LogP contribution in [0.4, 0.5) is 0 Å². The molecule has 0 saturated carbocycles. The van der Waals surface area contributed by atoms with E-state index in [9.17, 15) is 0 Å². The summed E-state index contributed by atoms with van der Waals surface area (Å²) in [5.41, 5.74) is 1.23. The first-order valence-electron chi connectivity index (χ1n) is 7.00. The molecule has 2 nitrogen and oxygen atoms in total. The predicted octanol–water partition coefficient (Wildman–Crippen LogP) is 3.64. The third-order valence-electron chi connectivity index (χ3n) is 3.59. The molecule has 0 heterocycles. The Balaban J connectivity index is 2.11. The number of aliphatic hydroxyl groups is 1. The Morgan fingerprint density at radius 3 is 2.56 bits per heavy atom. The summed E-state index contributed by atoms with van der Waals surface area (Å²) in [6.45, 7) is 6.13. The third kappa shape index (κ3) is 5.65. The second-order valence-electron chi connectivity index (χ2n) is 5.01. The number of benzene rings is 1. The van der Waals surface area contributed by atoms with Gasteiger partial charge in [-0.1, -0.05) is 50.6 Å². The smallest absolute Gasteiger partial charge is 0.0716 e. The van der Waals surface area contributed by atoms with Crippen molar-refractivity contribution in [1.82, 2.24) is 0 Å². The van der Waals surface area contributed by atoms with Gasteiger partial charge in [-0.2, -0.15) is 0 Å². The highest BCUT2D eigenvalue weighted by Crippen LogP contribution is 2.20. The van der Waals surface area contributed by atoms with E-state index in [0.717, 1.165) is 25.9 Å². The van der Waals surface area contributed by atoms with Crippen LogP contribution >= 0.6 is 0 Å². The topological polar surface area (TPSA) is 29.5 Å². The van der Waals surface area contributed by atoms with Crippen molar-refractivity contribution in [3.63, 3.8) is 0 Å². The number of rotatable bonds is 9. The average molecular weight is 250 g/mol. The molecule has 102 valence electrons. The second kappa shape index (κ2) is 9.12. The van der Waals surface area contributed by atoms with E-state index in [1.165, 1.54) is 5.56 Å². The van der Waals surface area contributed by atoms with E-state index < -0.39 is 0 Å². The SMILES string of the molecule is CCC(CCCOCc1ccccc1)C(C)CO. The second-order valence-corrected chi connectivity index (χ2v) is 5.01. The van der Waals surface area contributed by atoms with E-state index >= 15 is 0 Å². The number of hydrogen-bond donors (Lipinski definition) is 1. The fraction of sp³-hybridized carbons (Fsp3) is 0.625. The number of hydrogen-bond acceptors (Lipinski definition) is 2. The Morgan fingerprint density at radius 2 is 1.94 bits per heavy atom. The zero-order valence-electron chi connectivity index (χ0n) is 11.6. The number of ether oxygens (including phenoxy) is 1. The van der Waals surface area contributed by atoms with Crippen LogP contribution < -0.4 is 0 Å². The molecule has 1 aromatic carbocycles. The maximum Gasteiger partial charge on any atom is 0.0716 e. The lowest BCUT2D eigenvalue weighted by Crippen LogP contribution is -2.15. The summed E-state index contributed by atoms with van der Waals surface area (Å²) < 4.78 is 5.67. The van der Waals surface area contributed by atoms with Crippen LogP contribution in [-0.2, 0) is 11.3 Å². The molecule has 0 amide bonds. The van der Waals surface area contributed by atoms with Crippen LogP contribution in [0.5, 0.6) is 0 Å². The first-order chi connectivity index (χ1) is 8.77. The molecule has 0 spiro atoms. The van der Waals surface area contributed by atoms with Gasteiger partial charge < -0.3 is 9.84 Å². The highest BCUT2D eigenvalue weighted by Gasteiger charge is 2.13. The lowest BCUT2D eigenvalue weighted by atomic mass is 9.88. The summed E-state index contributed by atoms with van der Waals surface area (Å²) in [5.74, 6) is 1.03. The van der Waals surface area contributed by atoms with Gasteiger partial charge in [-0.25, -0.2) is 0 Å². The van der Waals surface area contributed by atoms with Crippen LogP contribution in [0.25, 0.3) is 0 Å². The van der Waals surface area contributed by atoms with Crippen LogP contribution in [0.2, 0.25) is 0 Å². The molecular weight excluding hydrogens is 224 g/mol. The Bertz CT molecular complexity index is 297. The van der Waals surface area contributed by atoms with Gasteiger partial charge in [0, 0.05) is 13.2 Å². The quantitative estimate of drug-likeness (QED) is 0.678. The van der Waals surface area contributed by atoms with Crippen molar-refractivity contribution in [3.05, 3.63) is 35.9 Å². The highest BCUT2D eigenvalue weighted by atomic mass is 16.5. The van der Waals surface area contributed by atoms with Crippen LogP contribution in [0.1, 0.15) is 38.7 Å². The van der Waals surface area contributed by atoms with Gasteiger partial charge >= 0.3 is 0 Å². The van der Waals surface area contributed by atoms with Gasteiger partial charge in [-0.3, -0.25) is 0 Å². The van der Waals surface area contributed by atoms with Crippen molar-refractivity contribution < 1.29 is 9.84 Å². The van der Waals surface area contributed by atoms with Gasteiger partial charge in [0.2, 0.25) is 0 Å². The molecular formula is C16H26O2. The molecule has 1 aromatic rings. The Morgan fingerprint density at radius 1 is 1.22 bits per heavy atom. The van der Waals surface area contributed by atoms with Gasteiger partial charge in [0.25, 0.3) is 0 Å². The monoisotopic (exact) mass is 250 g/mol. The Labute approximate surface area is 111 Å². The molecule has 0 fully saturated rings. The van der Waals surface area contributed by atoms with Crippen molar-refractivity contribution in [2.45, 2.75) is 39.7 Å². The summed E-state index contributed by atoms with van der Waals surface area (Å²) >= 11 is 0. The van der Waals surface area contributed by atoms with Gasteiger partial charge in [0.15, 0.2) is 0 Å². The molecule has 0 aliphatic rings. The zero-order valence-corrected chi connectivity index (χ0v) is 11.6. The van der Waals surface area contributed by atoms with E-state index in [1.807, 2.05) is 18.2 Å². The largest absolute Gasteiger partial charge is 0.396 e. The van der Waals surface area contributed by atoms with E-state index in [2.05, 4.69) is 26.0 Å². The minimum Gasteiger partial charge on any atom is -0.396 e. The van der Waals surface area contributed by atoms with Gasteiger partial charge in [-0.15, -0.1) is 0 Å². The predicted molar refractivity (Wildman–Crippen MR) is 75.4 cm³/mol. The Kier molecular flexibility index (Phi) is 7.70. The summed E-state index contributed by atoms with van der Waals surface area (Å²) in [6.07, 6.45) is 3.36. The lowest BCUT2D eigenvalue weighted by molar-refractivity contribution is 0.106. The van der Waals surface area contributed by atoms with Crippen LogP contribution in [0.15, 0.2) is 30.3 Å². The molecule has 2 unspecified atom stereocenters. The van der Waals surface area contributed by atoms with Crippen molar-refractivity contribution in [3.8, 4) is 0 Å². The first kappa shape index (κ1) is 15.2. The summed E-state index contributed by atoms with van der Waals surface area (Å²) in [7, 11) is 0. The first-order valence-corrected chi connectivity index (χ1v) is 7.00. The molecule has 0 bridgehead atoms. The lowest BCUT2D eigenvalue weighted by Gasteiger charge is -2.20. The average Bonchev–Trinajstić information content (AvgIpc) is 2.43. The zero-order chi connectivity index (χ0) is 13.2. The van der Waals surface area contributed by atoms with Crippen molar-refractivity contribution in [1.29, 1.82) is 0 Å². The summed E-state index contributed by atoms with van der Waals surface area (Å²) in [6, 6.07) is 10.3. The van der Waals surface area contributed by atoms with Crippen LogP contribution in [0, 0.1) is 11.8 Å².